The van der Waals surface area contributed by atoms with Gasteiger partial charge in [-0.15, -0.1) is 0 Å². The van der Waals surface area contributed by atoms with E-state index in [9.17, 15) is 0 Å². The number of rotatable bonds is 2. The van der Waals surface area contributed by atoms with Crippen molar-refractivity contribution in [2.75, 3.05) is 0 Å². The van der Waals surface area contributed by atoms with Crippen molar-refractivity contribution in [2.24, 2.45) is 0 Å². The Morgan fingerprint density at radius 2 is 1.56 bits per heavy atom. The van der Waals surface area contributed by atoms with E-state index >= 15 is 0 Å². The maximum atomic E-state index is 4.48. The molecule has 0 N–H and O–H groups in total. The molecule has 1 nitrogen and oxygen atoms in total. The Morgan fingerprint density at radius 3 is 2.06 bits per heavy atom. The van der Waals surface area contributed by atoms with Gasteiger partial charge in [0.15, 0.2) is 0 Å². The molecule has 2 heteroatoms. The predicted molar refractivity (Wildman–Crippen MR) is 76.5 cm³/mol. The van der Waals surface area contributed by atoms with E-state index in [1.807, 2.05) is 6.20 Å². The summed E-state index contributed by atoms with van der Waals surface area (Å²) in [7, 11) is 0. The minimum atomic E-state index is 0.491. The molecule has 0 bridgehead atoms. The number of halogens is 1. The summed E-state index contributed by atoms with van der Waals surface area (Å²) in [5.41, 5.74) is 3.55. The first-order valence-electron chi connectivity index (χ1n) is 5.38. The number of aromatic nitrogens is 1. The van der Waals surface area contributed by atoms with Crippen LogP contribution in [0.1, 0.15) is 25.5 Å². The van der Waals surface area contributed by atoms with Gasteiger partial charge in [0.2, 0.25) is 0 Å². The number of hydrogen-bond donors (Lipinski definition) is 0. The van der Waals surface area contributed by atoms with E-state index in [0.717, 1.165) is 5.69 Å². The zero-order chi connectivity index (χ0) is 11.5. The Balaban J connectivity index is 2.31. The zero-order valence-electron chi connectivity index (χ0n) is 9.44. The van der Waals surface area contributed by atoms with E-state index in [0.29, 0.717) is 5.92 Å². The number of benzene rings is 1. The normalized spacial score (nSPS) is 10.8. The molecule has 0 radical (unpaired) electrons. The lowest BCUT2D eigenvalue weighted by Gasteiger charge is -2.06. The fourth-order valence-corrected chi connectivity index (χ4v) is 1.92. The summed E-state index contributed by atoms with van der Waals surface area (Å²) in [5, 5.41) is 0. The van der Waals surface area contributed by atoms with Crippen molar-refractivity contribution in [2.45, 2.75) is 19.8 Å². The van der Waals surface area contributed by atoms with Gasteiger partial charge < -0.3 is 0 Å². The number of nitrogens with zero attached hydrogens (tertiary/aromatic N) is 1. The highest BCUT2D eigenvalue weighted by Crippen LogP contribution is 2.21. The second-order valence-electron chi connectivity index (χ2n) is 4.13. The Hall–Kier alpha value is -0.900. The van der Waals surface area contributed by atoms with Gasteiger partial charge in [-0.2, -0.15) is 0 Å². The van der Waals surface area contributed by atoms with Crippen molar-refractivity contribution in [1.29, 1.82) is 0 Å². The third-order valence-corrected chi connectivity index (χ3v) is 3.27. The summed E-state index contributed by atoms with van der Waals surface area (Å²) in [6.45, 7) is 4.32. The van der Waals surface area contributed by atoms with E-state index in [4.69, 9.17) is 0 Å². The third-order valence-electron chi connectivity index (χ3n) is 2.56. The molecule has 0 aliphatic rings. The molecule has 0 saturated heterocycles. The van der Waals surface area contributed by atoms with Crippen molar-refractivity contribution in [1.82, 2.24) is 4.98 Å². The first kappa shape index (κ1) is 11.6. The summed E-state index contributed by atoms with van der Waals surface area (Å²) in [5.74, 6) is 0.491. The highest BCUT2D eigenvalue weighted by Gasteiger charge is 2.02. The van der Waals surface area contributed by atoms with Crippen LogP contribution < -0.4 is 0 Å². The van der Waals surface area contributed by atoms with Gasteiger partial charge in [-0.1, -0.05) is 32.0 Å². The smallest absolute Gasteiger partial charge is 0.0429 e. The van der Waals surface area contributed by atoms with Crippen LogP contribution in [-0.2, 0) is 0 Å². The summed E-state index contributed by atoms with van der Waals surface area (Å²) in [6, 6.07) is 12.8. The molecule has 2 aromatic rings. The summed E-state index contributed by atoms with van der Waals surface area (Å²) in [4.78, 5) is 4.48. The third kappa shape index (κ3) is 2.61. The van der Waals surface area contributed by atoms with Gasteiger partial charge >= 0.3 is 0 Å². The van der Waals surface area contributed by atoms with Crippen LogP contribution in [0, 0.1) is 3.57 Å². The Kier molecular flexibility index (Phi) is 3.59. The largest absolute Gasteiger partial charge is 0.260 e. The van der Waals surface area contributed by atoms with Gasteiger partial charge in [-0.25, -0.2) is 0 Å². The predicted octanol–water partition coefficient (Wildman–Crippen LogP) is 4.48. The van der Waals surface area contributed by atoms with Gasteiger partial charge in [0.1, 0.15) is 0 Å². The van der Waals surface area contributed by atoms with Gasteiger partial charge in [0.25, 0.3) is 0 Å². The van der Waals surface area contributed by atoms with Crippen LogP contribution in [0.2, 0.25) is 0 Å². The SMILES string of the molecule is CC(C)c1ccc(-c2ccc(I)cc2)cn1. The van der Waals surface area contributed by atoms with Crippen LogP contribution >= 0.6 is 22.6 Å². The average molecular weight is 323 g/mol. The second kappa shape index (κ2) is 4.95. The van der Waals surface area contributed by atoms with Gasteiger partial charge in [0, 0.05) is 21.0 Å². The molecule has 0 aliphatic carbocycles. The maximum Gasteiger partial charge on any atom is 0.0429 e. The molecule has 0 aliphatic heterocycles. The molecule has 16 heavy (non-hydrogen) atoms. The lowest BCUT2D eigenvalue weighted by atomic mass is 10.1. The second-order valence-corrected chi connectivity index (χ2v) is 5.38. The first-order valence-corrected chi connectivity index (χ1v) is 6.46. The van der Waals surface area contributed by atoms with Crippen LogP contribution in [-0.4, -0.2) is 4.98 Å². The molecular formula is C14H14IN. The van der Waals surface area contributed by atoms with E-state index in [1.165, 1.54) is 14.7 Å². The maximum absolute atomic E-state index is 4.48. The van der Waals surface area contributed by atoms with Crippen molar-refractivity contribution < 1.29 is 0 Å². The first-order chi connectivity index (χ1) is 7.66. The topological polar surface area (TPSA) is 12.9 Å². The Labute approximate surface area is 110 Å². The van der Waals surface area contributed by atoms with Gasteiger partial charge in [0.05, 0.1) is 0 Å². The molecular weight excluding hydrogens is 309 g/mol. The molecule has 1 heterocycles. The van der Waals surface area contributed by atoms with Gasteiger partial charge in [-0.05, 0) is 52.3 Å². The molecule has 0 fully saturated rings. The number of hydrogen-bond acceptors (Lipinski definition) is 1. The fraction of sp³-hybridized carbons (Fsp3) is 0.214. The van der Waals surface area contributed by atoms with Crippen LogP contribution in [0.3, 0.4) is 0 Å². The Bertz CT molecular complexity index is 457. The van der Waals surface area contributed by atoms with E-state index in [2.05, 4.69) is 77.8 Å². The van der Waals surface area contributed by atoms with Crippen molar-refractivity contribution in [3.8, 4) is 11.1 Å². The van der Waals surface area contributed by atoms with Crippen molar-refractivity contribution >= 4 is 22.6 Å². The Morgan fingerprint density at radius 1 is 0.938 bits per heavy atom. The van der Waals surface area contributed by atoms with Crippen molar-refractivity contribution in [3.05, 3.63) is 51.9 Å². The molecule has 82 valence electrons. The molecule has 0 amide bonds. The molecule has 0 saturated carbocycles. The van der Waals surface area contributed by atoms with E-state index < -0.39 is 0 Å². The average Bonchev–Trinajstić information content (AvgIpc) is 2.30. The highest BCUT2D eigenvalue weighted by molar-refractivity contribution is 14.1. The van der Waals surface area contributed by atoms with Gasteiger partial charge in [-0.3, -0.25) is 4.98 Å². The summed E-state index contributed by atoms with van der Waals surface area (Å²) < 4.78 is 1.26. The molecule has 0 spiro atoms. The minimum Gasteiger partial charge on any atom is -0.260 e. The lowest BCUT2D eigenvalue weighted by molar-refractivity contribution is 0.823. The van der Waals surface area contributed by atoms with E-state index in [-0.39, 0.29) is 0 Å². The zero-order valence-corrected chi connectivity index (χ0v) is 11.6. The van der Waals surface area contributed by atoms with Crippen molar-refractivity contribution in [3.63, 3.8) is 0 Å². The van der Waals surface area contributed by atoms with Crippen LogP contribution in [0.5, 0.6) is 0 Å². The van der Waals surface area contributed by atoms with E-state index in [1.54, 1.807) is 0 Å². The van der Waals surface area contributed by atoms with Crippen LogP contribution in [0.15, 0.2) is 42.6 Å². The quantitative estimate of drug-likeness (QED) is 0.743. The molecule has 0 unspecified atom stereocenters. The minimum absolute atomic E-state index is 0.491. The summed E-state index contributed by atoms with van der Waals surface area (Å²) in [6.07, 6.45) is 1.96. The number of pyridine rings is 1. The molecule has 1 aromatic heterocycles. The fourth-order valence-electron chi connectivity index (χ4n) is 1.56. The standard InChI is InChI=1S/C14H14IN/c1-10(2)14-8-5-12(9-16-14)11-3-6-13(15)7-4-11/h3-10H,1-2H3. The van der Waals surface area contributed by atoms with Crippen LogP contribution in [0.4, 0.5) is 0 Å². The molecule has 2 rings (SSSR count). The monoisotopic (exact) mass is 323 g/mol. The van der Waals surface area contributed by atoms with Crippen LogP contribution in [0.25, 0.3) is 11.1 Å². The summed E-state index contributed by atoms with van der Waals surface area (Å²) >= 11 is 2.31. The molecule has 0 atom stereocenters. The molecule has 1 aromatic carbocycles. The highest BCUT2D eigenvalue weighted by atomic mass is 127. The lowest BCUT2D eigenvalue weighted by Crippen LogP contribution is -1.91.